The second kappa shape index (κ2) is 7.40. The van der Waals surface area contributed by atoms with Crippen molar-refractivity contribution >= 4 is 23.1 Å². The SMILES string of the molecule is CCCc1ccc(C#Cc2ccc(N=C=S)cc2)cc1. The zero-order chi connectivity index (χ0) is 14.2. The normalized spacial score (nSPS) is 9.25. The Morgan fingerprint density at radius 2 is 1.45 bits per heavy atom. The molecule has 98 valence electrons. The summed E-state index contributed by atoms with van der Waals surface area (Å²) in [6.45, 7) is 2.19. The van der Waals surface area contributed by atoms with Gasteiger partial charge in [0.05, 0.1) is 10.8 Å². The molecule has 0 bridgehead atoms. The van der Waals surface area contributed by atoms with Crippen molar-refractivity contribution in [2.75, 3.05) is 0 Å². The number of benzene rings is 2. The van der Waals surface area contributed by atoms with Gasteiger partial charge < -0.3 is 0 Å². The van der Waals surface area contributed by atoms with Crippen molar-refractivity contribution in [2.24, 2.45) is 4.99 Å². The van der Waals surface area contributed by atoms with E-state index in [1.807, 2.05) is 24.3 Å². The highest BCUT2D eigenvalue weighted by molar-refractivity contribution is 7.78. The van der Waals surface area contributed by atoms with Gasteiger partial charge in [-0.15, -0.1) is 0 Å². The number of rotatable bonds is 3. The van der Waals surface area contributed by atoms with E-state index in [4.69, 9.17) is 0 Å². The highest BCUT2D eigenvalue weighted by Crippen LogP contribution is 2.11. The largest absolute Gasteiger partial charge is 0.195 e. The van der Waals surface area contributed by atoms with Crippen LogP contribution in [0.15, 0.2) is 53.5 Å². The summed E-state index contributed by atoms with van der Waals surface area (Å²) < 4.78 is 0. The van der Waals surface area contributed by atoms with Gasteiger partial charge in [0.25, 0.3) is 0 Å². The van der Waals surface area contributed by atoms with E-state index in [1.165, 1.54) is 12.0 Å². The lowest BCUT2D eigenvalue weighted by Gasteiger charge is -1.97. The van der Waals surface area contributed by atoms with Crippen LogP contribution in [0.2, 0.25) is 0 Å². The van der Waals surface area contributed by atoms with E-state index in [0.717, 1.165) is 23.2 Å². The molecule has 2 aromatic rings. The van der Waals surface area contributed by atoms with E-state index < -0.39 is 0 Å². The van der Waals surface area contributed by atoms with Gasteiger partial charge in [0, 0.05) is 11.1 Å². The molecule has 0 spiro atoms. The maximum atomic E-state index is 4.57. The molecule has 2 aromatic carbocycles. The topological polar surface area (TPSA) is 12.4 Å². The van der Waals surface area contributed by atoms with E-state index in [0.29, 0.717) is 0 Å². The fourth-order valence-electron chi connectivity index (χ4n) is 1.86. The van der Waals surface area contributed by atoms with Crippen LogP contribution in [0.3, 0.4) is 0 Å². The van der Waals surface area contributed by atoms with Crippen molar-refractivity contribution in [3.05, 3.63) is 65.2 Å². The van der Waals surface area contributed by atoms with Crippen LogP contribution in [0.5, 0.6) is 0 Å². The summed E-state index contributed by atoms with van der Waals surface area (Å²) in [5.41, 5.74) is 4.16. The minimum atomic E-state index is 0.800. The molecule has 1 nitrogen and oxygen atoms in total. The Morgan fingerprint density at radius 1 is 0.900 bits per heavy atom. The van der Waals surface area contributed by atoms with Gasteiger partial charge in [-0.1, -0.05) is 37.3 Å². The molecule has 0 unspecified atom stereocenters. The quantitative estimate of drug-likeness (QED) is 0.447. The highest BCUT2D eigenvalue weighted by atomic mass is 32.1. The Hall–Kier alpha value is -2.20. The predicted octanol–water partition coefficient (Wildman–Crippen LogP) is 4.77. The zero-order valence-corrected chi connectivity index (χ0v) is 12.2. The monoisotopic (exact) mass is 277 g/mol. The summed E-state index contributed by atoms with van der Waals surface area (Å²) in [6.07, 6.45) is 2.29. The van der Waals surface area contributed by atoms with Gasteiger partial charge in [0.2, 0.25) is 0 Å². The van der Waals surface area contributed by atoms with E-state index in [1.54, 1.807) is 0 Å². The third kappa shape index (κ3) is 4.17. The molecule has 20 heavy (non-hydrogen) atoms. The van der Waals surface area contributed by atoms with Crippen LogP contribution in [-0.2, 0) is 6.42 Å². The number of thiocarbonyl (C=S) groups is 1. The summed E-state index contributed by atoms with van der Waals surface area (Å²) in [4.78, 5) is 3.91. The van der Waals surface area contributed by atoms with Gasteiger partial charge in [-0.2, -0.15) is 4.99 Å². The number of hydrogen-bond acceptors (Lipinski definition) is 2. The molecule has 0 aliphatic heterocycles. The molecule has 0 aromatic heterocycles. The predicted molar refractivity (Wildman–Crippen MR) is 87.5 cm³/mol. The van der Waals surface area contributed by atoms with Crippen molar-refractivity contribution in [1.82, 2.24) is 0 Å². The summed E-state index contributed by atoms with van der Waals surface area (Å²) in [6, 6.07) is 16.1. The maximum absolute atomic E-state index is 4.57. The van der Waals surface area contributed by atoms with Crippen LogP contribution in [0.4, 0.5) is 5.69 Å². The molecule has 0 saturated heterocycles. The van der Waals surface area contributed by atoms with Crippen LogP contribution >= 0.6 is 12.2 Å². The van der Waals surface area contributed by atoms with Gasteiger partial charge in [0.15, 0.2) is 0 Å². The van der Waals surface area contributed by atoms with E-state index in [2.05, 4.69) is 65.4 Å². The number of nitrogens with zero attached hydrogens (tertiary/aromatic N) is 1. The van der Waals surface area contributed by atoms with E-state index in [-0.39, 0.29) is 0 Å². The second-order valence-electron chi connectivity index (χ2n) is 4.45. The molecule has 0 saturated carbocycles. The lowest BCUT2D eigenvalue weighted by molar-refractivity contribution is 0.922. The number of isothiocyanates is 1. The van der Waals surface area contributed by atoms with E-state index >= 15 is 0 Å². The van der Waals surface area contributed by atoms with Crippen molar-refractivity contribution in [3.63, 3.8) is 0 Å². The molecule has 0 radical (unpaired) electrons. The van der Waals surface area contributed by atoms with Gasteiger partial charge in [-0.25, -0.2) is 0 Å². The third-order valence-corrected chi connectivity index (χ3v) is 2.98. The Balaban J connectivity index is 2.11. The lowest BCUT2D eigenvalue weighted by atomic mass is 10.1. The Labute approximate surface area is 125 Å². The number of aryl methyl sites for hydroxylation is 1. The Kier molecular flexibility index (Phi) is 5.26. The van der Waals surface area contributed by atoms with Crippen molar-refractivity contribution in [3.8, 4) is 11.8 Å². The average Bonchev–Trinajstić information content (AvgIpc) is 2.49. The first-order valence-electron chi connectivity index (χ1n) is 6.60. The summed E-state index contributed by atoms with van der Waals surface area (Å²) >= 11 is 4.57. The van der Waals surface area contributed by atoms with Crippen molar-refractivity contribution in [2.45, 2.75) is 19.8 Å². The molecule has 0 heterocycles. The van der Waals surface area contributed by atoms with E-state index in [9.17, 15) is 0 Å². The summed E-state index contributed by atoms with van der Waals surface area (Å²) in [7, 11) is 0. The van der Waals surface area contributed by atoms with Crippen molar-refractivity contribution in [1.29, 1.82) is 0 Å². The molecular formula is C18H15NS. The zero-order valence-electron chi connectivity index (χ0n) is 11.4. The standard InChI is InChI=1S/C18H15NS/c1-2-3-15-4-6-16(7-5-15)8-9-17-10-12-18(13-11-17)19-14-20/h4-7,10-13H,2-3H2,1H3. The van der Waals surface area contributed by atoms with Crippen LogP contribution in [-0.4, -0.2) is 5.16 Å². The maximum Gasteiger partial charge on any atom is 0.0740 e. The molecule has 0 N–H and O–H groups in total. The molecular weight excluding hydrogens is 262 g/mol. The fourth-order valence-corrected chi connectivity index (χ4v) is 1.97. The summed E-state index contributed by atoms with van der Waals surface area (Å²) in [5, 5.41) is 2.35. The summed E-state index contributed by atoms with van der Waals surface area (Å²) in [5.74, 6) is 6.31. The molecule has 2 rings (SSSR count). The van der Waals surface area contributed by atoms with Crippen LogP contribution in [0, 0.1) is 11.8 Å². The van der Waals surface area contributed by atoms with Gasteiger partial charge in [-0.3, -0.25) is 0 Å². The van der Waals surface area contributed by atoms with Crippen LogP contribution in [0.1, 0.15) is 30.0 Å². The molecule has 0 aliphatic carbocycles. The molecule has 0 aliphatic rings. The molecule has 0 fully saturated rings. The van der Waals surface area contributed by atoms with Gasteiger partial charge in [0.1, 0.15) is 0 Å². The Morgan fingerprint density at radius 3 is 1.95 bits per heavy atom. The highest BCUT2D eigenvalue weighted by Gasteiger charge is 1.92. The molecule has 2 heteroatoms. The first-order chi connectivity index (χ1) is 9.81. The minimum absolute atomic E-state index is 0.800. The van der Waals surface area contributed by atoms with Crippen LogP contribution < -0.4 is 0 Å². The second-order valence-corrected chi connectivity index (χ2v) is 4.63. The van der Waals surface area contributed by atoms with Crippen molar-refractivity contribution < 1.29 is 0 Å². The molecule has 0 amide bonds. The molecule has 0 atom stereocenters. The number of aliphatic imine (C=N–C) groups is 1. The number of hydrogen-bond donors (Lipinski definition) is 0. The lowest BCUT2D eigenvalue weighted by Crippen LogP contribution is -1.83. The first-order valence-corrected chi connectivity index (χ1v) is 7.01. The van der Waals surface area contributed by atoms with Crippen LogP contribution in [0.25, 0.3) is 0 Å². The van der Waals surface area contributed by atoms with Gasteiger partial charge in [-0.05, 0) is 60.6 Å². The smallest absolute Gasteiger partial charge is 0.0740 e. The Bertz CT molecular complexity index is 666. The van der Waals surface area contributed by atoms with Gasteiger partial charge >= 0.3 is 0 Å². The minimum Gasteiger partial charge on any atom is -0.195 e. The first kappa shape index (κ1) is 14.2. The fraction of sp³-hybridized carbons (Fsp3) is 0.167. The third-order valence-electron chi connectivity index (χ3n) is 2.89. The average molecular weight is 277 g/mol.